The first-order chi connectivity index (χ1) is 12.2. The average Bonchev–Trinajstić information content (AvgIpc) is 2.65. The van der Waals surface area contributed by atoms with Crippen LogP contribution in [0.4, 0.5) is 0 Å². The lowest BCUT2D eigenvalue weighted by atomic mass is 10.0. The van der Waals surface area contributed by atoms with Gasteiger partial charge < -0.3 is 0 Å². The number of hydrogen-bond donors (Lipinski definition) is 1. The van der Waals surface area contributed by atoms with Gasteiger partial charge in [-0.3, -0.25) is 9.63 Å². The van der Waals surface area contributed by atoms with Crippen LogP contribution in [0.1, 0.15) is 5.69 Å². The zero-order chi connectivity index (χ0) is 17.6. The maximum atomic E-state index is 11.8. The molecule has 6 heteroatoms. The number of amides is 1. The van der Waals surface area contributed by atoms with E-state index in [1.807, 2.05) is 60.7 Å². The van der Waals surface area contributed by atoms with Crippen molar-refractivity contribution in [2.24, 2.45) is 0 Å². The molecule has 3 rings (SSSR count). The van der Waals surface area contributed by atoms with Crippen LogP contribution in [-0.4, -0.2) is 23.0 Å². The molecule has 0 aliphatic heterocycles. The third kappa shape index (κ3) is 4.02. The SMILES string of the molecule is CONC(=O)Cc1nc(-c2ccccc2)c(-c2ccccc2)nc1Cl. The summed E-state index contributed by atoms with van der Waals surface area (Å²) >= 11 is 6.29. The molecular formula is C19H16ClN3O2. The standard InChI is InChI=1S/C19H16ClN3O2/c1-25-23-16(24)12-15-19(20)22-18(14-10-6-3-7-11-14)17(21-15)13-8-4-2-5-9-13/h2-11H,12H2,1H3,(H,23,24). The van der Waals surface area contributed by atoms with Gasteiger partial charge in [0.25, 0.3) is 0 Å². The molecule has 0 saturated carbocycles. The molecule has 0 radical (unpaired) electrons. The number of halogens is 1. The summed E-state index contributed by atoms with van der Waals surface area (Å²) in [6.07, 6.45) is -0.0193. The van der Waals surface area contributed by atoms with Crippen molar-refractivity contribution in [3.63, 3.8) is 0 Å². The number of rotatable bonds is 5. The third-order valence-corrected chi connectivity index (χ3v) is 3.86. The fourth-order valence-electron chi connectivity index (χ4n) is 2.46. The van der Waals surface area contributed by atoms with E-state index >= 15 is 0 Å². The first kappa shape index (κ1) is 17.1. The second-order valence-electron chi connectivity index (χ2n) is 5.30. The lowest BCUT2D eigenvalue weighted by molar-refractivity contribution is -0.130. The summed E-state index contributed by atoms with van der Waals surface area (Å²) < 4.78 is 0. The van der Waals surface area contributed by atoms with Crippen molar-refractivity contribution in [3.8, 4) is 22.5 Å². The van der Waals surface area contributed by atoms with Crippen LogP contribution in [0.15, 0.2) is 60.7 Å². The highest BCUT2D eigenvalue weighted by molar-refractivity contribution is 6.30. The maximum absolute atomic E-state index is 11.8. The van der Waals surface area contributed by atoms with Crippen molar-refractivity contribution in [1.82, 2.24) is 15.4 Å². The minimum atomic E-state index is -0.342. The Hall–Kier alpha value is -2.76. The molecule has 0 fully saturated rings. The van der Waals surface area contributed by atoms with Crippen molar-refractivity contribution < 1.29 is 9.63 Å². The molecule has 1 amide bonds. The molecule has 0 saturated heterocycles. The van der Waals surface area contributed by atoms with Crippen LogP contribution in [0.3, 0.4) is 0 Å². The average molecular weight is 354 g/mol. The van der Waals surface area contributed by atoms with Crippen LogP contribution in [0, 0.1) is 0 Å². The lowest BCUT2D eigenvalue weighted by Crippen LogP contribution is -2.24. The van der Waals surface area contributed by atoms with Crippen molar-refractivity contribution in [3.05, 3.63) is 71.5 Å². The Kier molecular flexibility index (Phi) is 5.38. The quantitative estimate of drug-likeness (QED) is 0.710. The normalized spacial score (nSPS) is 10.5. The maximum Gasteiger partial charge on any atom is 0.249 e. The Bertz CT molecular complexity index is 871. The summed E-state index contributed by atoms with van der Waals surface area (Å²) in [4.78, 5) is 25.6. The van der Waals surface area contributed by atoms with Crippen molar-refractivity contribution >= 4 is 17.5 Å². The summed E-state index contributed by atoms with van der Waals surface area (Å²) in [6, 6.07) is 19.4. The van der Waals surface area contributed by atoms with E-state index in [1.54, 1.807) is 0 Å². The summed E-state index contributed by atoms with van der Waals surface area (Å²) in [5.41, 5.74) is 5.82. The van der Waals surface area contributed by atoms with Crippen LogP contribution in [0.5, 0.6) is 0 Å². The number of hydrogen-bond acceptors (Lipinski definition) is 4. The molecule has 3 aromatic rings. The van der Waals surface area contributed by atoms with Crippen LogP contribution < -0.4 is 5.48 Å². The molecule has 0 aliphatic carbocycles. The highest BCUT2D eigenvalue weighted by atomic mass is 35.5. The number of benzene rings is 2. The van der Waals surface area contributed by atoms with E-state index in [2.05, 4.69) is 20.3 Å². The predicted molar refractivity (Wildman–Crippen MR) is 96.8 cm³/mol. The van der Waals surface area contributed by atoms with Gasteiger partial charge in [-0.1, -0.05) is 72.3 Å². The first-order valence-corrected chi connectivity index (χ1v) is 8.06. The Labute approximate surface area is 150 Å². The predicted octanol–water partition coefficient (Wildman–Crippen LogP) is 3.68. The van der Waals surface area contributed by atoms with Gasteiger partial charge in [-0.05, 0) is 0 Å². The highest BCUT2D eigenvalue weighted by Crippen LogP contribution is 2.31. The largest absolute Gasteiger partial charge is 0.277 e. The first-order valence-electron chi connectivity index (χ1n) is 7.68. The molecule has 0 unspecified atom stereocenters. The number of nitrogens with zero attached hydrogens (tertiary/aromatic N) is 2. The molecule has 126 valence electrons. The van der Waals surface area contributed by atoms with Crippen molar-refractivity contribution in [2.75, 3.05) is 7.11 Å². The molecular weight excluding hydrogens is 338 g/mol. The molecule has 25 heavy (non-hydrogen) atoms. The summed E-state index contributed by atoms with van der Waals surface area (Å²) in [5.74, 6) is -0.342. The smallest absolute Gasteiger partial charge is 0.249 e. The lowest BCUT2D eigenvalue weighted by Gasteiger charge is -2.12. The molecule has 1 heterocycles. The van der Waals surface area contributed by atoms with E-state index in [4.69, 9.17) is 11.6 Å². The second kappa shape index (κ2) is 7.88. The van der Waals surface area contributed by atoms with E-state index in [-0.39, 0.29) is 17.5 Å². The van der Waals surface area contributed by atoms with Crippen molar-refractivity contribution in [2.45, 2.75) is 6.42 Å². The topological polar surface area (TPSA) is 64.1 Å². The fourth-order valence-corrected chi connectivity index (χ4v) is 2.65. The van der Waals surface area contributed by atoms with E-state index in [1.165, 1.54) is 7.11 Å². The number of carbonyl (C=O) groups excluding carboxylic acids is 1. The molecule has 5 nitrogen and oxygen atoms in total. The van der Waals surface area contributed by atoms with Gasteiger partial charge in [0.1, 0.15) is 0 Å². The molecule has 0 spiro atoms. The van der Waals surface area contributed by atoms with Crippen LogP contribution in [0.2, 0.25) is 5.15 Å². The Morgan fingerprint density at radius 2 is 1.48 bits per heavy atom. The van der Waals surface area contributed by atoms with E-state index in [0.717, 1.165) is 11.1 Å². The van der Waals surface area contributed by atoms with Gasteiger partial charge in [-0.15, -0.1) is 0 Å². The van der Waals surface area contributed by atoms with Gasteiger partial charge in [0.2, 0.25) is 5.91 Å². The molecule has 0 aliphatic rings. The molecule has 0 atom stereocenters. The van der Waals surface area contributed by atoms with Gasteiger partial charge in [0.15, 0.2) is 5.15 Å². The van der Waals surface area contributed by atoms with E-state index in [0.29, 0.717) is 17.1 Å². The number of carbonyl (C=O) groups is 1. The molecule has 1 aromatic heterocycles. The van der Waals surface area contributed by atoms with E-state index < -0.39 is 0 Å². The van der Waals surface area contributed by atoms with Crippen LogP contribution in [0.25, 0.3) is 22.5 Å². The molecule has 2 aromatic carbocycles. The van der Waals surface area contributed by atoms with Gasteiger partial charge >= 0.3 is 0 Å². The Morgan fingerprint density at radius 1 is 0.960 bits per heavy atom. The van der Waals surface area contributed by atoms with Crippen molar-refractivity contribution in [1.29, 1.82) is 0 Å². The molecule has 0 bridgehead atoms. The zero-order valence-corrected chi connectivity index (χ0v) is 14.3. The minimum absolute atomic E-state index is 0.0193. The Balaban J connectivity index is 2.12. The van der Waals surface area contributed by atoms with Gasteiger partial charge in [0, 0.05) is 11.1 Å². The van der Waals surface area contributed by atoms with Crippen LogP contribution >= 0.6 is 11.6 Å². The fraction of sp³-hybridized carbons (Fsp3) is 0.105. The monoisotopic (exact) mass is 353 g/mol. The summed E-state index contributed by atoms with van der Waals surface area (Å²) in [7, 11) is 1.37. The van der Waals surface area contributed by atoms with Gasteiger partial charge in [-0.2, -0.15) is 0 Å². The Morgan fingerprint density at radius 3 is 2.00 bits per heavy atom. The van der Waals surface area contributed by atoms with E-state index in [9.17, 15) is 4.79 Å². The zero-order valence-electron chi connectivity index (χ0n) is 13.6. The third-order valence-electron chi connectivity index (χ3n) is 3.56. The highest BCUT2D eigenvalue weighted by Gasteiger charge is 2.17. The van der Waals surface area contributed by atoms with Gasteiger partial charge in [-0.25, -0.2) is 15.4 Å². The number of aromatic nitrogens is 2. The minimum Gasteiger partial charge on any atom is -0.277 e. The number of nitrogens with one attached hydrogen (secondary N) is 1. The summed E-state index contributed by atoms with van der Waals surface area (Å²) in [6.45, 7) is 0. The summed E-state index contributed by atoms with van der Waals surface area (Å²) in [5, 5.41) is 0.199. The second-order valence-corrected chi connectivity index (χ2v) is 5.65. The van der Waals surface area contributed by atoms with Gasteiger partial charge in [0.05, 0.1) is 30.6 Å². The number of hydroxylamine groups is 1. The molecule has 1 N–H and O–H groups in total. The van der Waals surface area contributed by atoms with Crippen LogP contribution in [-0.2, 0) is 16.1 Å².